The van der Waals surface area contributed by atoms with Gasteiger partial charge in [0.25, 0.3) is 0 Å². The average Bonchev–Trinajstić information content (AvgIpc) is 3.22. The molecule has 1 N–H and O–H groups in total. The molecule has 0 saturated carbocycles. The third-order valence-electron chi connectivity index (χ3n) is 6.94. The molecular weight excluding hydrogens is 414 g/mol. The molecule has 1 saturated heterocycles. The van der Waals surface area contributed by atoms with Gasteiger partial charge < -0.3 is 15.1 Å². The first-order valence-corrected chi connectivity index (χ1v) is 11.8. The molecule has 2 aromatic carbocycles. The molecule has 2 atom stereocenters. The van der Waals surface area contributed by atoms with Gasteiger partial charge in [0, 0.05) is 26.2 Å². The van der Waals surface area contributed by atoms with Gasteiger partial charge in [-0.2, -0.15) is 0 Å². The predicted octanol–water partition coefficient (Wildman–Crippen LogP) is 3.33. The Hall–Kier alpha value is -3.15. The number of fused-ring (bicyclic) bond motifs is 1. The fourth-order valence-electron chi connectivity index (χ4n) is 5.13. The van der Waals surface area contributed by atoms with E-state index in [1.807, 2.05) is 36.4 Å². The van der Waals surface area contributed by atoms with Crippen molar-refractivity contribution < 1.29 is 14.4 Å². The zero-order chi connectivity index (χ0) is 23.7. The largest absolute Gasteiger partial charge is 0.342 e. The van der Waals surface area contributed by atoms with Crippen LogP contribution in [0.4, 0.5) is 5.69 Å². The van der Waals surface area contributed by atoms with Crippen molar-refractivity contribution in [1.29, 1.82) is 0 Å². The summed E-state index contributed by atoms with van der Waals surface area (Å²) in [4.78, 5) is 42.5. The van der Waals surface area contributed by atoms with Crippen molar-refractivity contribution in [2.45, 2.75) is 58.7 Å². The van der Waals surface area contributed by atoms with Crippen LogP contribution in [-0.4, -0.2) is 41.8 Å². The van der Waals surface area contributed by atoms with Crippen LogP contribution in [0.2, 0.25) is 0 Å². The lowest BCUT2D eigenvalue weighted by atomic mass is 9.89. The zero-order valence-electron chi connectivity index (χ0n) is 19.9. The normalized spacial score (nSPS) is 20.7. The molecule has 6 nitrogen and oxygen atoms in total. The lowest BCUT2D eigenvalue weighted by Crippen LogP contribution is -2.65. The number of carbonyl (C=O) groups is 3. The molecule has 0 unspecified atom stereocenters. The summed E-state index contributed by atoms with van der Waals surface area (Å²) in [7, 11) is 1.73. The van der Waals surface area contributed by atoms with Gasteiger partial charge in [-0.15, -0.1) is 0 Å². The monoisotopic (exact) mass is 447 g/mol. The van der Waals surface area contributed by atoms with Gasteiger partial charge in [-0.3, -0.25) is 14.4 Å². The second-order valence-electron chi connectivity index (χ2n) is 9.74. The van der Waals surface area contributed by atoms with Gasteiger partial charge in [-0.05, 0) is 53.9 Å². The Labute approximate surface area is 196 Å². The Kier molecular flexibility index (Phi) is 6.54. The fraction of sp³-hybridized carbons (Fsp3) is 0.444. The molecule has 6 heteroatoms. The first kappa shape index (κ1) is 23.0. The lowest BCUT2D eigenvalue weighted by Gasteiger charge is -2.42. The van der Waals surface area contributed by atoms with E-state index in [-0.39, 0.29) is 29.6 Å². The number of anilines is 1. The number of benzene rings is 2. The Morgan fingerprint density at radius 3 is 2.27 bits per heavy atom. The van der Waals surface area contributed by atoms with E-state index in [0.717, 1.165) is 24.1 Å². The molecule has 1 fully saturated rings. The molecule has 33 heavy (non-hydrogen) atoms. The molecule has 2 aromatic rings. The van der Waals surface area contributed by atoms with Gasteiger partial charge >= 0.3 is 0 Å². The summed E-state index contributed by atoms with van der Waals surface area (Å²) in [6.07, 6.45) is 2.18. The van der Waals surface area contributed by atoms with Crippen molar-refractivity contribution in [3.8, 4) is 0 Å². The highest BCUT2D eigenvalue weighted by atomic mass is 16.2. The highest BCUT2D eigenvalue weighted by Gasteiger charge is 2.45. The van der Waals surface area contributed by atoms with Crippen LogP contribution in [0.15, 0.2) is 48.5 Å². The number of nitrogens with one attached hydrogen (secondary N) is 1. The molecule has 1 heterocycles. The smallest absolute Gasteiger partial charge is 0.246 e. The van der Waals surface area contributed by atoms with E-state index >= 15 is 0 Å². The van der Waals surface area contributed by atoms with Gasteiger partial charge in [0.05, 0.1) is 0 Å². The van der Waals surface area contributed by atoms with Gasteiger partial charge in [0.1, 0.15) is 12.1 Å². The van der Waals surface area contributed by atoms with Crippen molar-refractivity contribution in [1.82, 2.24) is 10.2 Å². The molecule has 1 aliphatic carbocycles. The summed E-state index contributed by atoms with van der Waals surface area (Å²) in [5.41, 5.74) is 4.14. The van der Waals surface area contributed by atoms with E-state index in [1.165, 1.54) is 18.1 Å². The molecule has 3 amide bonds. The quantitative estimate of drug-likeness (QED) is 0.739. The Bertz CT molecular complexity index is 1040. The number of hydrogen-bond acceptors (Lipinski definition) is 3. The van der Waals surface area contributed by atoms with Crippen LogP contribution < -0.4 is 10.2 Å². The summed E-state index contributed by atoms with van der Waals surface area (Å²) in [5.74, 6) is 0.125. The number of amides is 3. The molecule has 174 valence electrons. The average molecular weight is 448 g/mol. The maximum atomic E-state index is 13.9. The summed E-state index contributed by atoms with van der Waals surface area (Å²) >= 11 is 0. The zero-order valence-corrected chi connectivity index (χ0v) is 19.9. The van der Waals surface area contributed by atoms with E-state index in [0.29, 0.717) is 13.0 Å². The fourth-order valence-corrected chi connectivity index (χ4v) is 5.13. The summed E-state index contributed by atoms with van der Waals surface area (Å²) in [6, 6.07) is 14.8. The van der Waals surface area contributed by atoms with Crippen LogP contribution in [0.25, 0.3) is 0 Å². The molecule has 4 rings (SSSR count). The van der Waals surface area contributed by atoms with Crippen LogP contribution in [0.1, 0.15) is 43.9 Å². The standard InChI is InChI=1S/C27H33N3O3/c1-17(2)13-24-26(32)28-25(22-14-19-9-5-6-10-20(19)15-22)27(33)30(24)16-21-11-7-8-12-23(21)29(4)18(3)31/h5-12,17,22,24-25H,13-16H2,1-4H3,(H,28,32)/t24-,25-/m1/s1. The summed E-state index contributed by atoms with van der Waals surface area (Å²) < 4.78 is 0. The Morgan fingerprint density at radius 2 is 1.67 bits per heavy atom. The highest BCUT2D eigenvalue weighted by Crippen LogP contribution is 2.33. The molecule has 0 bridgehead atoms. The Balaban J connectivity index is 1.64. The van der Waals surface area contributed by atoms with Crippen LogP contribution in [0.3, 0.4) is 0 Å². The van der Waals surface area contributed by atoms with E-state index in [4.69, 9.17) is 0 Å². The van der Waals surface area contributed by atoms with Gasteiger partial charge in [-0.25, -0.2) is 0 Å². The summed E-state index contributed by atoms with van der Waals surface area (Å²) in [5, 5.41) is 3.08. The second-order valence-corrected chi connectivity index (χ2v) is 9.74. The number of rotatable bonds is 6. The Morgan fingerprint density at radius 1 is 1.06 bits per heavy atom. The number of piperazine rings is 1. The molecule has 0 spiro atoms. The number of carbonyl (C=O) groups excluding carboxylic acids is 3. The number of nitrogens with zero attached hydrogens (tertiary/aromatic N) is 2. The van der Waals surface area contributed by atoms with E-state index in [2.05, 4.69) is 31.3 Å². The molecule has 1 aliphatic heterocycles. The second kappa shape index (κ2) is 9.38. The van der Waals surface area contributed by atoms with Crippen LogP contribution in [0, 0.1) is 11.8 Å². The number of para-hydroxylation sites is 1. The minimum absolute atomic E-state index is 0.0293. The molecule has 2 aliphatic rings. The van der Waals surface area contributed by atoms with Crippen molar-refractivity contribution in [3.63, 3.8) is 0 Å². The third kappa shape index (κ3) is 4.65. The maximum absolute atomic E-state index is 13.9. The van der Waals surface area contributed by atoms with Gasteiger partial charge in [-0.1, -0.05) is 56.3 Å². The van der Waals surface area contributed by atoms with E-state index < -0.39 is 12.1 Å². The minimum Gasteiger partial charge on any atom is -0.342 e. The maximum Gasteiger partial charge on any atom is 0.246 e. The van der Waals surface area contributed by atoms with Crippen molar-refractivity contribution in [3.05, 3.63) is 65.2 Å². The van der Waals surface area contributed by atoms with Crippen molar-refractivity contribution in [2.75, 3.05) is 11.9 Å². The van der Waals surface area contributed by atoms with Crippen molar-refractivity contribution >= 4 is 23.4 Å². The first-order chi connectivity index (χ1) is 15.8. The van der Waals surface area contributed by atoms with E-state index in [1.54, 1.807) is 16.8 Å². The van der Waals surface area contributed by atoms with Crippen LogP contribution >= 0.6 is 0 Å². The number of hydrogen-bond donors (Lipinski definition) is 1. The topological polar surface area (TPSA) is 69.7 Å². The molecule has 0 aromatic heterocycles. The molecule has 0 radical (unpaired) electrons. The summed E-state index contributed by atoms with van der Waals surface area (Å²) in [6.45, 7) is 5.94. The highest BCUT2D eigenvalue weighted by molar-refractivity contribution is 5.97. The van der Waals surface area contributed by atoms with Gasteiger partial charge in [0.15, 0.2) is 0 Å². The first-order valence-electron chi connectivity index (χ1n) is 11.8. The van der Waals surface area contributed by atoms with Gasteiger partial charge in [0.2, 0.25) is 17.7 Å². The van der Waals surface area contributed by atoms with Crippen molar-refractivity contribution in [2.24, 2.45) is 11.8 Å². The van der Waals surface area contributed by atoms with Crippen LogP contribution in [-0.2, 0) is 33.8 Å². The minimum atomic E-state index is -0.536. The lowest BCUT2D eigenvalue weighted by molar-refractivity contribution is -0.152. The SMILES string of the molecule is CC(=O)N(C)c1ccccc1CN1C(=O)[C@@H](C2Cc3ccccc3C2)NC(=O)[C@H]1CC(C)C. The third-order valence-corrected chi connectivity index (χ3v) is 6.94. The van der Waals surface area contributed by atoms with Crippen LogP contribution in [0.5, 0.6) is 0 Å². The molecular formula is C27H33N3O3. The predicted molar refractivity (Wildman–Crippen MR) is 129 cm³/mol. The van der Waals surface area contributed by atoms with E-state index in [9.17, 15) is 14.4 Å².